The summed E-state index contributed by atoms with van der Waals surface area (Å²) in [5, 5.41) is 2.43. The van der Waals surface area contributed by atoms with Gasteiger partial charge in [-0.25, -0.2) is 0 Å². The lowest BCUT2D eigenvalue weighted by Crippen LogP contribution is -2.27. The van der Waals surface area contributed by atoms with E-state index in [2.05, 4.69) is 30.3 Å². The van der Waals surface area contributed by atoms with Gasteiger partial charge in [0.2, 0.25) is 5.91 Å². The minimum absolute atomic E-state index is 0.0769. The Balaban J connectivity index is 2.02. The van der Waals surface area contributed by atoms with Crippen LogP contribution in [0.1, 0.15) is 25.3 Å². The molecule has 1 atom stereocenters. The van der Waals surface area contributed by atoms with E-state index in [0.717, 1.165) is 12.0 Å². The Morgan fingerprint density at radius 1 is 1.20 bits per heavy atom. The zero-order chi connectivity index (χ0) is 14.5. The van der Waals surface area contributed by atoms with E-state index in [-0.39, 0.29) is 11.9 Å². The number of carbonyl (C=O) groups is 1. The lowest BCUT2D eigenvalue weighted by Gasteiger charge is -2.18. The normalized spacial score (nSPS) is 12.3. The fraction of sp³-hybridized carbons (Fsp3) is 0.353. The van der Waals surface area contributed by atoms with E-state index in [0.29, 0.717) is 13.0 Å². The highest BCUT2D eigenvalue weighted by atomic mass is 16.2. The van der Waals surface area contributed by atoms with E-state index < -0.39 is 0 Å². The summed E-state index contributed by atoms with van der Waals surface area (Å²) in [4.78, 5) is 13.8. The van der Waals surface area contributed by atoms with Crippen molar-refractivity contribution in [3.8, 4) is 0 Å². The number of carbonyl (C=O) groups excluding carboxylic acids is 1. The quantitative estimate of drug-likeness (QED) is 0.908. The largest absolute Gasteiger partial charge is 0.341 e. The van der Waals surface area contributed by atoms with Gasteiger partial charge in [0.1, 0.15) is 0 Å². The standard InChI is InChI=1S/C17H22N2O/c1-13(18)7-10-17(20)19(2)12-14-8-9-15-5-3-4-6-16(15)11-14/h3-6,8-9,11,13H,7,10,12,18H2,1-2H3. The Kier molecular flexibility index (Phi) is 4.74. The summed E-state index contributed by atoms with van der Waals surface area (Å²) in [5.41, 5.74) is 6.84. The molecule has 20 heavy (non-hydrogen) atoms. The molecule has 3 nitrogen and oxygen atoms in total. The van der Waals surface area contributed by atoms with E-state index in [1.165, 1.54) is 10.8 Å². The van der Waals surface area contributed by atoms with Gasteiger partial charge >= 0.3 is 0 Å². The summed E-state index contributed by atoms with van der Waals surface area (Å²) in [7, 11) is 1.85. The lowest BCUT2D eigenvalue weighted by molar-refractivity contribution is -0.130. The van der Waals surface area contributed by atoms with Gasteiger partial charge in [-0.2, -0.15) is 0 Å². The Bertz CT molecular complexity index is 592. The Labute approximate surface area is 120 Å². The number of rotatable bonds is 5. The van der Waals surface area contributed by atoms with E-state index in [9.17, 15) is 4.79 Å². The molecular formula is C17H22N2O. The highest BCUT2D eigenvalue weighted by molar-refractivity contribution is 5.83. The van der Waals surface area contributed by atoms with Gasteiger partial charge in [0.15, 0.2) is 0 Å². The number of benzene rings is 2. The summed E-state index contributed by atoms with van der Waals surface area (Å²) >= 11 is 0. The van der Waals surface area contributed by atoms with Crippen LogP contribution < -0.4 is 5.73 Å². The molecule has 0 spiro atoms. The van der Waals surface area contributed by atoms with Crippen LogP contribution in [-0.2, 0) is 11.3 Å². The first kappa shape index (κ1) is 14.5. The second kappa shape index (κ2) is 6.53. The van der Waals surface area contributed by atoms with Crippen LogP contribution >= 0.6 is 0 Å². The van der Waals surface area contributed by atoms with Crippen molar-refractivity contribution in [3.63, 3.8) is 0 Å². The maximum atomic E-state index is 12.0. The predicted molar refractivity (Wildman–Crippen MR) is 83.3 cm³/mol. The van der Waals surface area contributed by atoms with Crippen LogP contribution in [0.25, 0.3) is 10.8 Å². The monoisotopic (exact) mass is 270 g/mol. The summed E-state index contributed by atoms with van der Waals surface area (Å²) in [5.74, 6) is 0.149. The minimum Gasteiger partial charge on any atom is -0.341 e. The maximum absolute atomic E-state index is 12.0. The van der Waals surface area contributed by atoms with Crippen LogP contribution in [0.2, 0.25) is 0 Å². The van der Waals surface area contributed by atoms with Gasteiger partial charge in [-0.1, -0.05) is 36.4 Å². The Hall–Kier alpha value is -1.87. The molecule has 2 N–H and O–H groups in total. The van der Waals surface area contributed by atoms with Gasteiger partial charge < -0.3 is 10.6 Å². The van der Waals surface area contributed by atoms with Crippen molar-refractivity contribution < 1.29 is 4.79 Å². The molecule has 2 aromatic carbocycles. The molecule has 1 amide bonds. The molecule has 2 rings (SSSR count). The van der Waals surface area contributed by atoms with Crippen LogP contribution in [0.5, 0.6) is 0 Å². The van der Waals surface area contributed by atoms with E-state index >= 15 is 0 Å². The number of amides is 1. The SMILES string of the molecule is CC(N)CCC(=O)N(C)Cc1ccc2ccccc2c1. The molecule has 0 aromatic heterocycles. The highest BCUT2D eigenvalue weighted by Crippen LogP contribution is 2.16. The van der Waals surface area contributed by atoms with E-state index in [1.54, 1.807) is 4.90 Å². The zero-order valence-electron chi connectivity index (χ0n) is 12.2. The third-order valence-corrected chi connectivity index (χ3v) is 3.47. The minimum atomic E-state index is 0.0769. The third-order valence-electron chi connectivity index (χ3n) is 3.47. The lowest BCUT2D eigenvalue weighted by atomic mass is 10.1. The first-order valence-corrected chi connectivity index (χ1v) is 7.03. The maximum Gasteiger partial charge on any atom is 0.222 e. The highest BCUT2D eigenvalue weighted by Gasteiger charge is 2.10. The van der Waals surface area contributed by atoms with Crippen molar-refractivity contribution in [2.45, 2.75) is 32.4 Å². The number of nitrogens with two attached hydrogens (primary N) is 1. The summed E-state index contributed by atoms with van der Waals surface area (Å²) < 4.78 is 0. The van der Waals surface area contributed by atoms with E-state index in [1.807, 2.05) is 26.1 Å². The van der Waals surface area contributed by atoms with E-state index in [4.69, 9.17) is 5.73 Å². The zero-order valence-corrected chi connectivity index (χ0v) is 12.2. The van der Waals surface area contributed by atoms with Crippen molar-refractivity contribution in [2.75, 3.05) is 7.05 Å². The first-order valence-electron chi connectivity index (χ1n) is 7.03. The van der Waals surface area contributed by atoms with Crippen LogP contribution in [0.3, 0.4) is 0 Å². The molecule has 0 aliphatic heterocycles. The second-order valence-corrected chi connectivity index (χ2v) is 5.45. The number of nitrogens with zero attached hydrogens (tertiary/aromatic N) is 1. The van der Waals surface area contributed by atoms with Gasteiger partial charge in [0, 0.05) is 26.1 Å². The Morgan fingerprint density at radius 3 is 2.60 bits per heavy atom. The average molecular weight is 270 g/mol. The molecule has 0 saturated carbocycles. The van der Waals surface area contributed by atoms with Gasteiger partial charge in [0.25, 0.3) is 0 Å². The number of hydrogen-bond acceptors (Lipinski definition) is 2. The molecule has 0 radical (unpaired) electrons. The van der Waals surface area contributed by atoms with Crippen molar-refractivity contribution in [1.82, 2.24) is 4.90 Å². The van der Waals surface area contributed by atoms with Gasteiger partial charge in [-0.15, -0.1) is 0 Å². The number of hydrogen-bond donors (Lipinski definition) is 1. The predicted octanol–water partition coefficient (Wildman–Crippen LogP) is 2.93. The van der Waals surface area contributed by atoms with Gasteiger partial charge in [-0.3, -0.25) is 4.79 Å². The first-order chi connectivity index (χ1) is 9.56. The van der Waals surface area contributed by atoms with Crippen LogP contribution in [0.4, 0.5) is 0 Å². The third kappa shape index (κ3) is 3.81. The summed E-state index contributed by atoms with van der Waals surface area (Å²) in [6.45, 7) is 2.57. The molecule has 0 saturated heterocycles. The molecular weight excluding hydrogens is 248 g/mol. The molecule has 3 heteroatoms. The Morgan fingerprint density at radius 2 is 1.90 bits per heavy atom. The van der Waals surface area contributed by atoms with Crippen molar-refractivity contribution in [2.24, 2.45) is 5.73 Å². The fourth-order valence-electron chi connectivity index (χ4n) is 2.24. The molecule has 0 aliphatic rings. The smallest absolute Gasteiger partial charge is 0.222 e. The molecule has 0 heterocycles. The van der Waals surface area contributed by atoms with Crippen LogP contribution in [0, 0.1) is 0 Å². The van der Waals surface area contributed by atoms with Crippen molar-refractivity contribution >= 4 is 16.7 Å². The van der Waals surface area contributed by atoms with Crippen LogP contribution in [0.15, 0.2) is 42.5 Å². The van der Waals surface area contributed by atoms with Crippen LogP contribution in [-0.4, -0.2) is 23.9 Å². The average Bonchev–Trinajstić information content (AvgIpc) is 2.44. The fourth-order valence-corrected chi connectivity index (χ4v) is 2.24. The molecule has 0 aliphatic carbocycles. The summed E-state index contributed by atoms with van der Waals surface area (Å²) in [6.07, 6.45) is 1.25. The second-order valence-electron chi connectivity index (χ2n) is 5.45. The molecule has 106 valence electrons. The number of fused-ring (bicyclic) bond motifs is 1. The van der Waals surface area contributed by atoms with Gasteiger partial charge in [0.05, 0.1) is 0 Å². The summed E-state index contributed by atoms with van der Waals surface area (Å²) in [6, 6.07) is 14.7. The van der Waals surface area contributed by atoms with Gasteiger partial charge in [-0.05, 0) is 35.7 Å². The van der Waals surface area contributed by atoms with Crippen molar-refractivity contribution in [3.05, 3.63) is 48.0 Å². The van der Waals surface area contributed by atoms with Crippen molar-refractivity contribution in [1.29, 1.82) is 0 Å². The molecule has 0 bridgehead atoms. The topological polar surface area (TPSA) is 46.3 Å². The molecule has 2 aromatic rings. The molecule has 0 fully saturated rings. The molecule has 1 unspecified atom stereocenters.